The van der Waals surface area contributed by atoms with Gasteiger partial charge in [-0.3, -0.25) is 0 Å². The van der Waals surface area contributed by atoms with Gasteiger partial charge in [-0.1, -0.05) is 97.1 Å². The first kappa shape index (κ1) is 33.9. The van der Waals surface area contributed by atoms with Gasteiger partial charge in [-0.15, -0.1) is 22.7 Å². The molecule has 0 saturated heterocycles. The zero-order valence-corrected chi connectivity index (χ0v) is 33.4. The molecule has 59 heavy (non-hydrogen) atoms. The van der Waals surface area contributed by atoms with Gasteiger partial charge in [0.15, 0.2) is 0 Å². The molecule has 0 bridgehead atoms. The van der Waals surface area contributed by atoms with Crippen molar-refractivity contribution in [1.82, 2.24) is 0 Å². The molecule has 0 unspecified atom stereocenters. The van der Waals surface area contributed by atoms with Gasteiger partial charge >= 0.3 is 0 Å². The minimum Gasteiger partial charge on any atom is -0.456 e. The van der Waals surface area contributed by atoms with E-state index >= 15 is 0 Å². The highest BCUT2D eigenvalue weighted by atomic mass is 32.1. The molecule has 0 saturated carbocycles. The summed E-state index contributed by atoms with van der Waals surface area (Å²) < 4.78 is 11.4. The summed E-state index contributed by atoms with van der Waals surface area (Å²) in [7, 11) is 0. The number of thiophene rings is 2. The van der Waals surface area contributed by atoms with Gasteiger partial charge in [-0.05, 0) is 120 Å². The van der Waals surface area contributed by atoms with E-state index in [-0.39, 0.29) is 0 Å². The van der Waals surface area contributed by atoms with Crippen LogP contribution in [0.25, 0.3) is 73.4 Å². The fourth-order valence-electron chi connectivity index (χ4n) is 8.66. The van der Waals surface area contributed by atoms with Gasteiger partial charge in [0.2, 0.25) is 0 Å². The summed E-state index contributed by atoms with van der Waals surface area (Å²) >= 11 is 3.70. The highest BCUT2D eigenvalue weighted by molar-refractivity contribution is 7.26. The van der Waals surface area contributed by atoms with Gasteiger partial charge < -0.3 is 14.2 Å². The van der Waals surface area contributed by atoms with Crippen molar-refractivity contribution in [2.45, 2.75) is 0 Å². The van der Waals surface area contributed by atoms with Gasteiger partial charge in [0, 0.05) is 85.2 Å². The zero-order valence-electron chi connectivity index (χ0n) is 31.7. The lowest BCUT2D eigenvalue weighted by molar-refractivity contribution is 0.669. The van der Waals surface area contributed by atoms with Crippen LogP contribution in [0.15, 0.2) is 211 Å². The van der Waals surface area contributed by atoms with Crippen LogP contribution in [0.4, 0.5) is 34.1 Å². The quantitative estimate of drug-likeness (QED) is 0.160. The molecule has 3 heterocycles. The van der Waals surface area contributed by atoms with Gasteiger partial charge in [0.05, 0.1) is 0 Å². The highest BCUT2D eigenvalue weighted by Gasteiger charge is 2.20. The Balaban J connectivity index is 1.00. The topological polar surface area (TPSA) is 19.6 Å². The molecule has 0 N–H and O–H groups in total. The molecule has 9 aromatic carbocycles. The normalized spacial score (nSPS) is 11.7. The Morgan fingerprint density at radius 1 is 0.271 bits per heavy atom. The molecule has 0 aliphatic carbocycles. The van der Waals surface area contributed by atoms with Crippen LogP contribution in [0.3, 0.4) is 0 Å². The Bertz CT molecular complexity index is 3490. The fraction of sp³-hybridized carbons (Fsp3) is 0. The van der Waals surface area contributed by atoms with Gasteiger partial charge in [-0.2, -0.15) is 0 Å². The zero-order chi connectivity index (χ0) is 38.9. The first-order chi connectivity index (χ1) is 29.2. The van der Waals surface area contributed by atoms with E-state index in [2.05, 4.69) is 204 Å². The predicted molar refractivity (Wildman–Crippen MR) is 254 cm³/mol. The number of furan rings is 1. The molecule has 0 aliphatic rings. The van der Waals surface area contributed by atoms with E-state index < -0.39 is 0 Å². The van der Waals surface area contributed by atoms with Crippen molar-refractivity contribution in [2.75, 3.05) is 9.80 Å². The number of benzene rings is 9. The third-order valence-corrected chi connectivity index (χ3v) is 13.7. The monoisotopic (exact) mass is 790 g/mol. The number of fused-ring (bicyclic) bond motifs is 9. The summed E-state index contributed by atoms with van der Waals surface area (Å²) in [4.78, 5) is 4.75. The molecule has 0 spiro atoms. The lowest BCUT2D eigenvalue weighted by Gasteiger charge is -2.29. The van der Waals surface area contributed by atoms with E-state index in [1.807, 2.05) is 34.8 Å². The molecular formula is C54H34N2OS2. The van der Waals surface area contributed by atoms with Crippen LogP contribution < -0.4 is 9.80 Å². The Hall–Kier alpha value is -7.18. The number of hydrogen-bond acceptors (Lipinski definition) is 5. The van der Waals surface area contributed by atoms with Crippen LogP contribution in [0.5, 0.6) is 0 Å². The van der Waals surface area contributed by atoms with Crippen LogP contribution in [-0.2, 0) is 0 Å². The Morgan fingerprint density at radius 2 is 0.763 bits per heavy atom. The van der Waals surface area contributed by atoms with Crippen LogP contribution in [0.1, 0.15) is 0 Å². The van der Waals surface area contributed by atoms with Gasteiger partial charge in [0.1, 0.15) is 11.2 Å². The molecule has 278 valence electrons. The average Bonchev–Trinajstić information content (AvgIpc) is 3.98. The van der Waals surface area contributed by atoms with Crippen molar-refractivity contribution in [3.63, 3.8) is 0 Å². The smallest absolute Gasteiger partial charge is 0.136 e. The van der Waals surface area contributed by atoms with Crippen LogP contribution in [0, 0.1) is 0 Å². The van der Waals surface area contributed by atoms with Crippen LogP contribution >= 0.6 is 22.7 Å². The molecule has 12 rings (SSSR count). The number of para-hydroxylation sites is 3. The van der Waals surface area contributed by atoms with Crippen molar-refractivity contribution in [3.8, 4) is 11.1 Å². The summed E-state index contributed by atoms with van der Waals surface area (Å²) in [5, 5.41) is 7.38. The van der Waals surface area contributed by atoms with E-state index in [9.17, 15) is 0 Å². The van der Waals surface area contributed by atoms with Gasteiger partial charge in [0.25, 0.3) is 0 Å². The summed E-state index contributed by atoms with van der Waals surface area (Å²) in [6, 6.07) is 74.5. The second-order valence-corrected chi connectivity index (χ2v) is 17.1. The fourth-order valence-corrected chi connectivity index (χ4v) is 10.9. The third-order valence-electron chi connectivity index (χ3n) is 11.4. The predicted octanol–water partition coefficient (Wildman–Crippen LogP) is 16.9. The standard InChI is InChI=1S/C54H34N2OS2/c1-3-12-37(13-4-1)55(38-14-5-2-6-15-38)39-16-11-17-40(32-39)56(41-25-29-53-48(33-41)45-19-8-10-21-51(45)58-53)42-24-27-46-47-30-35(23-28-52(47)59-54(46)34-42)36-22-26-44-43-18-7-9-20-49(43)57-50(44)31-36/h1-34H. The highest BCUT2D eigenvalue weighted by Crippen LogP contribution is 2.45. The Morgan fingerprint density at radius 3 is 1.56 bits per heavy atom. The third kappa shape index (κ3) is 5.78. The molecule has 0 amide bonds. The Kier molecular flexibility index (Phi) is 7.90. The minimum absolute atomic E-state index is 0.914. The summed E-state index contributed by atoms with van der Waals surface area (Å²) in [6.07, 6.45) is 0. The number of anilines is 6. The largest absolute Gasteiger partial charge is 0.456 e. The number of rotatable bonds is 7. The second kappa shape index (κ2) is 13.7. The molecular weight excluding hydrogens is 757 g/mol. The van der Waals surface area contributed by atoms with Crippen molar-refractivity contribution in [3.05, 3.63) is 206 Å². The van der Waals surface area contributed by atoms with E-state index in [0.29, 0.717) is 0 Å². The second-order valence-electron chi connectivity index (χ2n) is 14.9. The molecule has 0 radical (unpaired) electrons. The SMILES string of the molecule is c1ccc(N(c2ccccc2)c2cccc(N(c3ccc4c(c3)sc3ccc(-c5ccc6c(c5)oc5ccccc56)cc34)c3ccc4sc5ccccc5c4c3)c2)cc1. The Labute approximate surface area is 348 Å². The minimum atomic E-state index is 0.914. The molecule has 0 atom stereocenters. The summed E-state index contributed by atoms with van der Waals surface area (Å²) in [6.45, 7) is 0. The maximum atomic E-state index is 6.27. The van der Waals surface area contributed by atoms with Crippen LogP contribution in [0.2, 0.25) is 0 Å². The molecule has 3 aromatic heterocycles. The lowest BCUT2D eigenvalue weighted by Crippen LogP contribution is -2.13. The maximum Gasteiger partial charge on any atom is 0.136 e. The van der Waals surface area contributed by atoms with Crippen LogP contribution in [-0.4, -0.2) is 0 Å². The summed E-state index contributed by atoms with van der Waals surface area (Å²) in [5.74, 6) is 0. The first-order valence-electron chi connectivity index (χ1n) is 19.8. The number of nitrogens with zero attached hydrogens (tertiary/aromatic N) is 2. The molecule has 0 fully saturated rings. The van der Waals surface area contributed by atoms with E-state index in [1.165, 1.54) is 45.9 Å². The first-order valence-corrected chi connectivity index (χ1v) is 21.4. The maximum absolute atomic E-state index is 6.27. The van der Waals surface area contributed by atoms with E-state index in [1.54, 1.807) is 0 Å². The van der Waals surface area contributed by atoms with Crippen molar-refractivity contribution >= 4 is 119 Å². The molecule has 0 aliphatic heterocycles. The van der Waals surface area contributed by atoms with E-state index in [0.717, 1.165) is 61.6 Å². The molecule has 5 heteroatoms. The molecule has 3 nitrogen and oxygen atoms in total. The lowest BCUT2D eigenvalue weighted by atomic mass is 10.0. The van der Waals surface area contributed by atoms with Crippen molar-refractivity contribution < 1.29 is 4.42 Å². The average molecular weight is 791 g/mol. The molecule has 12 aromatic rings. The van der Waals surface area contributed by atoms with Crippen molar-refractivity contribution in [2.24, 2.45) is 0 Å². The van der Waals surface area contributed by atoms with Gasteiger partial charge in [-0.25, -0.2) is 0 Å². The van der Waals surface area contributed by atoms with Crippen molar-refractivity contribution in [1.29, 1.82) is 0 Å². The number of hydrogen-bond donors (Lipinski definition) is 0. The summed E-state index contributed by atoms with van der Waals surface area (Å²) in [5.41, 5.74) is 10.8. The van der Waals surface area contributed by atoms with E-state index in [4.69, 9.17) is 4.42 Å².